The molecule has 1 unspecified atom stereocenters. The number of aromatic nitrogens is 2. The van der Waals surface area contributed by atoms with E-state index in [1.54, 1.807) is 29.6 Å². The Balaban J connectivity index is 1.52. The van der Waals surface area contributed by atoms with Gasteiger partial charge in [0, 0.05) is 18.4 Å². The van der Waals surface area contributed by atoms with E-state index in [4.69, 9.17) is 14.5 Å². The summed E-state index contributed by atoms with van der Waals surface area (Å²) in [5, 5.41) is 18.1. The van der Waals surface area contributed by atoms with E-state index >= 15 is 0 Å². The number of rotatable bonds is 12. The van der Waals surface area contributed by atoms with Gasteiger partial charge in [-0.15, -0.1) is 17.9 Å². The molecule has 3 N–H and O–H groups in total. The third-order valence-electron chi connectivity index (χ3n) is 9.10. The van der Waals surface area contributed by atoms with Gasteiger partial charge in [-0.05, 0) is 6.07 Å². The number of carbonyl (C=O) groups excluding carboxylic acids is 4. The predicted molar refractivity (Wildman–Crippen MR) is 187 cm³/mol. The Kier molecular flexibility index (Phi) is 10.2. The number of nitrogens with zero attached hydrogens (tertiary/aromatic N) is 4. The summed E-state index contributed by atoms with van der Waals surface area (Å²) in [6.07, 6.45) is 0.773. The first-order valence-corrected chi connectivity index (χ1v) is 16.8. The summed E-state index contributed by atoms with van der Waals surface area (Å²) >= 11 is 1.24. The average Bonchev–Trinajstić information content (AvgIpc) is 3.35. The Labute approximate surface area is 293 Å². The molecule has 5 atom stereocenters. The van der Waals surface area contributed by atoms with Crippen molar-refractivity contribution in [2.75, 3.05) is 19.0 Å². The van der Waals surface area contributed by atoms with Crippen LogP contribution in [-0.2, 0) is 24.0 Å². The molecule has 2 aromatic heterocycles. The zero-order valence-corrected chi connectivity index (χ0v) is 29.3. The van der Waals surface area contributed by atoms with Crippen LogP contribution in [0.2, 0.25) is 0 Å². The molecule has 1 saturated heterocycles. The minimum atomic E-state index is -1.52. The Bertz CT molecular complexity index is 1890. The van der Waals surface area contributed by atoms with E-state index in [2.05, 4.69) is 34.7 Å². The summed E-state index contributed by atoms with van der Waals surface area (Å²) in [4.78, 5) is 78.5. The topological polar surface area (TPSA) is 189 Å². The number of amides is 4. The van der Waals surface area contributed by atoms with E-state index in [1.807, 2.05) is 20.8 Å². The fourth-order valence-electron chi connectivity index (χ4n) is 6.21. The number of likely N-dealkylation sites (tertiary alicyclic amines) is 1. The molecule has 0 spiro atoms. The third-order valence-corrected chi connectivity index (χ3v) is 9.85. The van der Waals surface area contributed by atoms with Gasteiger partial charge in [-0.1, -0.05) is 0 Å². The number of thiazole rings is 1. The van der Waals surface area contributed by atoms with Crippen molar-refractivity contribution >= 4 is 64.6 Å². The summed E-state index contributed by atoms with van der Waals surface area (Å²) < 4.78 is 12.0. The number of carboxylic acids is 1. The maximum atomic E-state index is 14.3. The normalized spacial score (nSPS) is 21.9. The number of nitrogens with one attached hydrogen (secondary N) is 2. The number of ether oxygens (including phenoxy) is 2. The first kappa shape index (κ1) is 36.3. The number of pyridine rings is 1. The van der Waals surface area contributed by atoms with E-state index in [1.165, 1.54) is 36.3 Å². The molecule has 1 aliphatic heterocycles. The van der Waals surface area contributed by atoms with Crippen molar-refractivity contribution in [2.24, 2.45) is 22.1 Å². The number of aliphatic carboxylic acids is 1. The number of fused-ring (bicyclic) bond motifs is 1. The predicted octanol–water partition coefficient (Wildman–Crippen LogP) is 3.48. The van der Waals surface area contributed by atoms with Gasteiger partial charge in [-0.25, -0.2) is 9.97 Å². The van der Waals surface area contributed by atoms with Crippen LogP contribution >= 0.6 is 11.3 Å². The van der Waals surface area contributed by atoms with Gasteiger partial charge in [0.1, 0.15) is 11.4 Å². The summed E-state index contributed by atoms with van der Waals surface area (Å²) in [7, 11) is 4.84. The molecule has 2 aliphatic rings. The molecule has 3 aromatic rings. The monoisotopic (exact) mass is 702 g/mol. The molecule has 1 aromatic carbocycles. The van der Waals surface area contributed by atoms with Crippen LogP contribution in [0.15, 0.2) is 47.2 Å². The summed E-state index contributed by atoms with van der Waals surface area (Å²) in [5.74, 6) is -3.48. The van der Waals surface area contributed by atoms with Crippen LogP contribution in [0.25, 0.3) is 22.3 Å². The molecule has 0 radical (unpaired) electrons. The van der Waals surface area contributed by atoms with E-state index in [9.17, 15) is 29.1 Å². The molecule has 1 saturated carbocycles. The van der Waals surface area contributed by atoms with Gasteiger partial charge in [0.2, 0.25) is 5.91 Å². The van der Waals surface area contributed by atoms with Crippen molar-refractivity contribution in [3.63, 3.8) is 0 Å². The molecule has 14 nitrogen and oxygen atoms in total. The van der Waals surface area contributed by atoms with E-state index < -0.39 is 58.6 Å². The van der Waals surface area contributed by atoms with Gasteiger partial charge < -0.3 is 10.1 Å². The number of carbonyl (C=O) groups is 5. The zero-order chi connectivity index (χ0) is 36.5. The number of hydrogen-bond acceptors (Lipinski definition) is 10. The van der Waals surface area contributed by atoms with Crippen LogP contribution in [0.1, 0.15) is 47.0 Å². The number of hydrogen-bond donors (Lipinski definition) is 3. The van der Waals surface area contributed by atoms with Gasteiger partial charge in [-0.2, -0.15) is 0 Å². The molecule has 0 bridgehead atoms. The van der Waals surface area contributed by atoms with Crippen LogP contribution in [0.5, 0.6) is 11.5 Å². The molecular formula is C34H39BN6O8S. The van der Waals surface area contributed by atoms with Gasteiger partial charge >= 0.3 is 198 Å². The molecule has 4 amide bonds. The van der Waals surface area contributed by atoms with E-state index in [-0.39, 0.29) is 31.7 Å². The Hall–Kier alpha value is -4.99. The SMILES string of the molecule is B=NC(=O)C[C@H](C(=O)N1C[C@H](Oc2cc(-c3csc(NC(C)=O)n3)nc3cc(OC)ccc23)C[C@H]1C(=O)N[C@]1(C(=O)O)CC1C=C)C(C)(C)C. The summed E-state index contributed by atoms with van der Waals surface area (Å²) in [6.45, 7) is 10.5. The Morgan fingerprint density at radius 1 is 1.22 bits per heavy atom. The van der Waals surface area contributed by atoms with Gasteiger partial charge in [0.15, 0.2) is 5.13 Å². The summed E-state index contributed by atoms with van der Waals surface area (Å²) in [6, 6.07) is 5.88. The first-order valence-electron chi connectivity index (χ1n) is 16.0. The molecule has 262 valence electrons. The van der Waals surface area contributed by atoms with Crippen LogP contribution in [0.3, 0.4) is 0 Å². The number of methoxy groups -OCH3 is 1. The second kappa shape index (κ2) is 14.1. The minimum absolute atomic E-state index is 0.0249. The molecule has 5 rings (SSSR count). The molecule has 2 fully saturated rings. The zero-order valence-electron chi connectivity index (χ0n) is 28.5. The second-order valence-corrected chi connectivity index (χ2v) is 14.4. The standard InChI is InChI=1S/C34H39BN6O8S/c1-7-18-14-34(18,31(46)47)39-29(44)26-11-20(15-41(26)30(45)22(33(3,4)5)12-28(43)40-35)49-27-13-24(25-16-50-32(38-25)36-17(2)42)37-23-10-19(48-6)8-9-21(23)27/h7-10,13,16,18,20,22,26,35H,1,11-12,14-15H2,2-6H3,(H,39,44)(H,46,47)(H,36,38,42)/t18?,20-,22-,26+,34-/m1/s1. The Morgan fingerprint density at radius 2 is 1.96 bits per heavy atom. The second-order valence-electron chi connectivity index (χ2n) is 13.6. The van der Waals surface area contributed by atoms with Gasteiger partial charge in [-0.3, -0.25) is 4.79 Å². The number of benzene rings is 1. The number of carboxylic acid groups (broad SMARTS) is 1. The Morgan fingerprint density at radius 3 is 2.56 bits per heavy atom. The van der Waals surface area contributed by atoms with E-state index in [0.29, 0.717) is 38.9 Å². The third kappa shape index (κ3) is 7.44. The maximum absolute atomic E-state index is 14.3. The van der Waals surface area contributed by atoms with Crippen molar-refractivity contribution in [3.8, 4) is 22.9 Å². The fourth-order valence-corrected chi connectivity index (χ4v) is 6.96. The molecule has 16 heteroatoms. The van der Waals surface area contributed by atoms with Gasteiger partial charge in [0.05, 0.1) is 7.11 Å². The van der Waals surface area contributed by atoms with Crippen LogP contribution < -0.4 is 20.1 Å². The quantitative estimate of drug-likeness (QED) is 0.186. The average molecular weight is 703 g/mol. The van der Waals surface area contributed by atoms with Crippen LogP contribution in [0, 0.1) is 17.3 Å². The molecular weight excluding hydrogens is 663 g/mol. The molecule has 1 aliphatic carbocycles. The van der Waals surface area contributed by atoms with Crippen LogP contribution in [-0.4, -0.2) is 88.6 Å². The molecule has 3 heterocycles. The molecule has 50 heavy (non-hydrogen) atoms. The number of anilines is 1. The van der Waals surface area contributed by atoms with Crippen molar-refractivity contribution in [1.29, 1.82) is 0 Å². The van der Waals surface area contributed by atoms with E-state index in [0.717, 1.165) is 0 Å². The fraction of sp³-hybridized carbons (Fsp3) is 0.441. The van der Waals surface area contributed by atoms with Crippen molar-refractivity contribution in [3.05, 3.63) is 42.3 Å². The first-order chi connectivity index (χ1) is 23.6. The van der Waals surface area contributed by atoms with Crippen molar-refractivity contribution in [2.45, 2.75) is 64.6 Å². The van der Waals surface area contributed by atoms with Crippen LogP contribution in [0.4, 0.5) is 5.13 Å². The van der Waals surface area contributed by atoms with Gasteiger partial charge in [0.25, 0.3) is 0 Å². The van der Waals surface area contributed by atoms with Crippen molar-refractivity contribution < 1.29 is 38.6 Å². The summed E-state index contributed by atoms with van der Waals surface area (Å²) in [5.41, 5.74) is -0.741. The van der Waals surface area contributed by atoms with Crippen molar-refractivity contribution in [1.82, 2.24) is 20.2 Å².